The molecular weight excluding hydrogens is 283 g/mol. The Balaban J connectivity index is 1.99. The summed E-state index contributed by atoms with van der Waals surface area (Å²) in [5.41, 5.74) is -3.75. The normalized spacial score (nSPS) is 16.3. The van der Waals surface area contributed by atoms with Gasteiger partial charge in [0.1, 0.15) is 0 Å². The van der Waals surface area contributed by atoms with Gasteiger partial charge in [0.15, 0.2) is 0 Å². The van der Waals surface area contributed by atoms with Crippen LogP contribution in [0.2, 0.25) is 0 Å². The molecule has 1 heterocycles. The minimum atomic E-state index is -4.27. The van der Waals surface area contributed by atoms with Crippen molar-refractivity contribution in [1.82, 2.24) is 0 Å². The van der Waals surface area contributed by atoms with E-state index in [1.165, 1.54) is 36.0 Å². The summed E-state index contributed by atoms with van der Waals surface area (Å²) in [7, 11) is 0. The number of halogens is 3. The monoisotopic (exact) mass is 291 g/mol. The van der Waals surface area contributed by atoms with Gasteiger partial charge in [0.25, 0.3) is 0 Å². The third-order valence-corrected chi connectivity index (χ3v) is 3.49. The summed E-state index contributed by atoms with van der Waals surface area (Å²) in [6.45, 7) is 0.736. The molecular formula is C10H8F3N3S2. The van der Waals surface area contributed by atoms with Gasteiger partial charge in [0.2, 0.25) is 5.17 Å². The van der Waals surface area contributed by atoms with E-state index in [-0.39, 0.29) is 16.7 Å². The maximum Gasteiger partial charge on any atom is 0.446 e. The molecule has 1 aromatic rings. The molecule has 0 fully saturated rings. The Morgan fingerprint density at radius 2 is 1.89 bits per heavy atom. The van der Waals surface area contributed by atoms with E-state index in [4.69, 9.17) is 0 Å². The molecule has 1 aromatic carbocycles. The lowest BCUT2D eigenvalue weighted by Gasteiger charge is -2.04. The molecule has 0 atom stereocenters. The number of hydrogen-bond donors (Lipinski definition) is 0. The van der Waals surface area contributed by atoms with Crippen molar-refractivity contribution >= 4 is 34.4 Å². The van der Waals surface area contributed by atoms with Crippen molar-refractivity contribution in [2.24, 2.45) is 15.2 Å². The van der Waals surface area contributed by atoms with Crippen LogP contribution in [0.4, 0.5) is 18.9 Å². The van der Waals surface area contributed by atoms with Crippen LogP contribution in [0.5, 0.6) is 0 Å². The highest BCUT2D eigenvalue weighted by atomic mass is 32.2. The third kappa shape index (κ3) is 4.34. The summed E-state index contributed by atoms with van der Waals surface area (Å²) < 4.78 is 36.3. The first-order chi connectivity index (χ1) is 8.53. The van der Waals surface area contributed by atoms with Gasteiger partial charge >= 0.3 is 5.51 Å². The zero-order chi connectivity index (χ0) is 13.0. The lowest BCUT2D eigenvalue weighted by atomic mass is 10.3. The van der Waals surface area contributed by atoms with Crippen LogP contribution in [-0.4, -0.2) is 23.0 Å². The number of rotatable bonds is 2. The highest BCUT2D eigenvalue weighted by Gasteiger charge is 2.28. The van der Waals surface area contributed by atoms with E-state index < -0.39 is 5.51 Å². The number of thioether (sulfide) groups is 2. The number of hydrogen-bond acceptors (Lipinski definition) is 5. The van der Waals surface area contributed by atoms with E-state index in [0.29, 0.717) is 10.9 Å². The summed E-state index contributed by atoms with van der Waals surface area (Å²) in [6.07, 6.45) is 0. The Labute approximate surface area is 110 Å². The first-order valence-corrected chi connectivity index (χ1v) is 6.78. The van der Waals surface area contributed by atoms with Crippen molar-refractivity contribution in [3.8, 4) is 0 Å². The molecule has 0 bridgehead atoms. The summed E-state index contributed by atoms with van der Waals surface area (Å²) in [5, 5.41) is 8.43. The predicted octanol–water partition coefficient (Wildman–Crippen LogP) is 4.49. The zero-order valence-electron chi connectivity index (χ0n) is 9.02. The van der Waals surface area contributed by atoms with Gasteiger partial charge in [-0.05, 0) is 36.0 Å². The maximum atomic E-state index is 12.1. The second kappa shape index (κ2) is 5.75. The fourth-order valence-corrected chi connectivity index (χ4v) is 2.39. The van der Waals surface area contributed by atoms with Crippen LogP contribution < -0.4 is 0 Å². The standard InChI is InChI=1S/C10H8F3N3S2/c11-10(12,13)18-8-3-1-7(2-4-8)15-16-9-14-5-6-17-9/h1-4H,5-6H2. The van der Waals surface area contributed by atoms with E-state index in [0.717, 1.165) is 12.3 Å². The highest BCUT2D eigenvalue weighted by molar-refractivity contribution is 8.14. The SMILES string of the molecule is FC(F)(F)Sc1ccc(N=NC2=NCCS2)cc1. The molecule has 1 aliphatic rings. The van der Waals surface area contributed by atoms with Crippen LogP contribution in [0, 0.1) is 0 Å². The van der Waals surface area contributed by atoms with Crippen LogP contribution >= 0.6 is 23.5 Å². The van der Waals surface area contributed by atoms with Crippen molar-refractivity contribution < 1.29 is 13.2 Å². The molecule has 18 heavy (non-hydrogen) atoms. The van der Waals surface area contributed by atoms with Gasteiger partial charge in [-0.3, -0.25) is 4.99 Å². The van der Waals surface area contributed by atoms with E-state index in [2.05, 4.69) is 15.2 Å². The summed E-state index contributed by atoms with van der Waals surface area (Å²) in [6, 6.07) is 5.74. The molecule has 0 radical (unpaired) electrons. The Hall–Kier alpha value is -1.02. The third-order valence-electron chi connectivity index (χ3n) is 1.89. The van der Waals surface area contributed by atoms with Crippen molar-refractivity contribution in [3.63, 3.8) is 0 Å². The lowest BCUT2D eigenvalue weighted by molar-refractivity contribution is -0.0328. The van der Waals surface area contributed by atoms with Gasteiger partial charge in [-0.25, -0.2) is 0 Å². The molecule has 96 valence electrons. The fourth-order valence-electron chi connectivity index (χ4n) is 1.20. The molecule has 0 N–H and O–H groups in total. The van der Waals surface area contributed by atoms with Gasteiger partial charge in [-0.1, -0.05) is 11.8 Å². The zero-order valence-corrected chi connectivity index (χ0v) is 10.6. The molecule has 0 aromatic heterocycles. The van der Waals surface area contributed by atoms with Crippen LogP contribution in [0.1, 0.15) is 0 Å². The second-order valence-electron chi connectivity index (χ2n) is 3.25. The van der Waals surface area contributed by atoms with Crippen molar-refractivity contribution in [2.75, 3.05) is 12.3 Å². The average molecular weight is 291 g/mol. The number of azo groups is 1. The fraction of sp³-hybridized carbons (Fsp3) is 0.300. The van der Waals surface area contributed by atoms with Gasteiger partial charge < -0.3 is 0 Å². The molecule has 0 saturated heterocycles. The minimum absolute atomic E-state index is 0.133. The number of benzene rings is 1. The van der Waals surface area contributed by atoms with Gasteiger partial charge in [0, 0.05) is 10.6 Å². The number of aliphatic imine (C=N–C) groups is 1. The van der Waals surface area contributed by atoms with Crippen molar-refractivity contribution in [2.45, 2.75) is 10.4 Å². The van der Waals surface area contributed by atoms with Crippen LogP contribution in [-0.2, 0) is 0 Å². The van der Waals surface area contributed by atoms with Crippen LogP contribution in [0.3, 0.4) is 0 Å². The number of nitrogens with zero attached hydrogens (tertiary/aromatic N) is 3. The molecule has 0 unspecified atom stereocenters. The maximum absolute atomic E-state index is 12.1. The average Bonchev–Trinajstić information content (AvgIpc) is 2.79. The number of amidine groups is 1. The molecule has 8 heteroatoms. The minimum Gasteiger partial charge on any atom is -0.258 e. The largest absolute Gasteiger partial charge is 0.446 e. The topological polar surface area (TPSA) is 37.1 Å². The van der Waals surface area contributed by atoms with E-state index >= 15 is 0 Å². The molecule has 1 aliphatic heterocycles. The summed E-state index contributed by atoms with van der Waals surface area (Å²) in [5.74, 6) is 0.898. The Kier molecular flexibility index (Phi) is 4.28. The highest BCUT2D eigenvalue weighted by Crippen LogP contribution is 2.37. The molecule has 0 spiro atoms. The summed E-state index contributed by atoms with van der Waals surface area (Å²) >= 11 is 1.36. The Bertz CT molecular complexity index is 468. The molecule has 2 rings (SSSR count). The van der Waals surface area contributed by atoms with Gasteiger partial charge in [-0.15, -0.1) is 10.2 Å². The van der Waals surface area contributed by atoms with Crippen molar-refractivity contribution in [3.05, 3.63) is 24.3 Å². The van der Waals surface area contributed by atoms with Crippen molar-refractivity contribution in [1.29, 1.82) is 0 Å². The van der Waals surface area contributed by atoms with Gasteiger partial charge in [-0.2, -0.15) is 13.2 Å². The molecule has 3 nitrogen and oxygen atoms in total. The Morgan fingerprint density at radius 1 is 1.17 bits per heavy atom. The van der Waals surface area contributed by atoms with E-state index in [1.807, 2.05) is 0 Å². The summed E-state index contributed by atoms with van der Waals surface area (Å²) in [4.78, 5) is 4.22. The van der Waals surface area contributed by atoms with Crippen LogP contribution in [0.25, 0.3) is 0 Å². The lowest BCUT2D eigenvalue weighted by Crippen LogP contribution is -1.98. The first kappa shape index (κ1) is 13.4. The Morgan fingerprint density at radius 3 is 2.44 bits per heavy atom. The van der Waals surface area contributed by atoms with E-state index in [9.17, 15) is 13.2 Å². The number of alkyl halides is 3. The first-order valence-electron chi connectivity index (χ1n) is 4.98. The van der Waals surface area contributed by atoms with Crippen LogP contribution in [0.15, 0.2) is 44.4 Å². The quantitative estimate of drug-likeness (QED) is 0.595. The molecule has 0 saturated carbocycles. The van der Waals surface area contributed by atoms with E-state index in [1.54, 1.807) is 0 Å². The van der Waals surface area contributed by atoms with Gasteiger partial charge in [0.05, 0.1) is 12.2 Å². The predicted molar refractivity (Wildman–Crippen MR) is 67.6 cm³/mol. The molecule has 0 aliphatic carbocycles. The second-order valence-corrected chi connectivity index (χ2v) is 5.45. The smallest absolute Gasteiger partial charge is 0.258 e. The molecule has 0 amide bonds.